The first-order valence-electron chi connectivity index (χ1n) is 5.83. The van der Waals surface area contributed by atoms with Gasteiger partial charge in [0.2, 0.25) is 5.91 Å². The van der Waals surface area contributed by atoms with Crippen LogP contribution >= 0.6 is 23.2 Å². The van der Waals surface area contributed by atoms with Crippen LogP contribution in [0.15, 0.2) is 18.2 Å². The molecule has 6 heteroatoms. The number of carbonyl (C=O) groups is 1. The molecule has 1 amide bonds. The lowest BCUT2D eigenvalue weighted by Gasteiger charge is -2.24. The number of likely N-dealkylation sites (N-methyl/N-ethyl adjacent to an activating group) is 1. The molecule has 0 saturated heterocycles. The summed E-state index contributed by atoms with van der Waals surface area (Å²) in [5.74, 6) is -0.176. The van der Waals surface area contributed by atoms with Crippen molar-refractivity contribution in [1.29, 1.82) is 0 Å². The van der Waals surface area contributed by atoms with Crippen molar-refractivity contribution in [3.63, 3.8) is 0 Å². The number of nitrogens with one attached hydrogen (secondary N) is 1. The number of amides is 1. The first kappa shape index (κ1) is 16.2. The molecule has 0 aliphatic heterocycles. The van der Waals surface area contributed by atoms with Crippen molar-refractivity contribution in [3.05, 3.63) is 28.2 Å². The van der Waals surface area contributed by atoms with Gasteiger partial charge in [0.15, 0.2) is 0 Å². The molecule has 0 spiro atoms. The Morgan fingerprint density at radius 2 is 2.00 bits per heavy atom. The summed E-state index contributed by atoms with van der Waals surface area (Å²) in [6.45, 7) is 3.98. The van der Waals surface area contributed by atoms with E-state index in [1.807, 2.05) is 0 Å². The lowest BCUT2D eigenvalue weighted by molar-refractivity contribution is -0.117. The number of halogens is 2. The average molecular weight is 305 g/mol. The number of hydrogen-bond donors (Lipinski definition) is 2. The fourth-order valence-electron chi connectivity index (χ4n) is 1.74. The Morgan fingerprint density at radius 3 is 2.53 bits per heavy atom. The first-order chi connectivity index (χ1) is 8.67. The van der Waals surface area contributed by atoms with Crippen molar-refractivity contribution in [3.8, 4) is 0 Å². The standard InChI is InChI=1S/C13H18Cl2N2O2/c1-13(2,19)8-17(3)7-12(18)16-9-4-5-10(14)11(15)6-9/h4-6,19H,7-8H2,1-3H3,(H,16,18). The minimum Gasteiger partial charge on any atom is -0.389 e. The molecule has 1 aromatic rings. The monoisotopic (exact) mass is 304 g/mol. The van der Waals surface area contributed by atoms with Crippen LogP contribution in [0.2, 0.25) is 10.0 Å². The molecule has 0 bridgehead atoms. The molecule has 0 aliphatic carbocycles. The SMILES string of the molecule is CN(CC(=O)Nc1ccc(Cl)c(Cl)c1)CC(C)(C)O. The van der Waals surface area contributed by atoms with E-state index in [1.165, 1.54) is 0 Å². The summed E-state index contributed by atoms with van der Waals surface area (Å²) in [6, 6.07) is 4.90. The van der Waals surface area contributed by atoms with E-state index in [9.17, 15) is 9.90 Å². The fraction of sp³-hybridized carbons (Fsp3) is 0.462. The maximum atomic E-state index is 11.8. The molecule has 2 N–H and O–H groups in total. The Hall–Kier alpha value is -0.810. The summed E-state index contributed by atoms with van der Waals surface area (Å²) in [5.41, 5.74) is -0.241. The van der Waals surface area contributed by atoms with E-state index in [1.54, 1.807) is 44.0 Å². The van der Waals surface area contributed by atoms with Crippen LogP contribution in [0.4, 0.5) is 5.69 Å². The second-order valence-corrected chi connectivity index (χ2v) is 5.98. The highest BCUT2D eigenvalue weighted by molar-refractivity contribution is 6.42. The Labute approximate surface area is 123 Å². The molecule has 1 rings (SSSR count). The Bertz CT molecular complexity index is 458. The van der Waals surface area contributed by atoms with Gasteiger partial charge in [0.05, 0.1) is 22.2 Å². The van der Waals surface area contributed by atoms with Gasteiger partial charge in [-0.05, 0) is 39.1 Å². The molecule has 106 valence electrons. The van der Waals surface area contributed by atoms with Crippen LogP contribution < -0.4 is 5.32 Å². The third-order valence-corrected chi connectivity index (χ3v) is 3.01. The van der Waals surface area contributed by atoms with Gasteiger partial charge in [0, 0.05) is 12.2 Å². The van der Waals surface area contributed by atoms with Crippen molar-refractivity contribution in [2.75, 3.05) is 25.5 Å². The second-order valence-electron chi connectivity index (χ2n) is 5.16. The van der Waals surface area contributed by atoms with E-state index < -0.39 is 5.60 Å². The second kappa shape index (κ2) is 6.57. The molecule has 0 unspecified atom stereocenters. The van der Waals surface area contributed by atoms with Gasteiger partial charge in [-0.3, -0.25) is 9.69 Å². The van der Waals surface area contributed by atoms with E-state index in [4.69, 9.17) is 23.2 Å². The van der Waals surface area contributed by atoms with E-state index in [0.29, 0.717) is 22.3 Å². The Kier molecular flexibility index (Phi) is 5.62. The van der Waals surface area contributed by atoms with E-state index in [-0.39, 0.29) is 12.5 Å². The van der Waals surface area contributed by atoms with Crippen molar-refractivity contribution >= 4 is 34.8 Å². The number of benzene rings is 1. The quantitative estimate of drug-likeness (QED) is 0.879. The molecular formula is C13H18Cl2N2O2. The maximum Gasteiger partial charge on any atom is 0.238 e. The van der Waals surface area contributed by atoms with Crippen molar-refractivity contribution < 1.29 is 9.90 Å². The summed E-state index contributed by atoms with van der Waals surface area (Å²) in [4.78, 5) is 13.5. The molecule has 0 aromatic heterocycles. The highest BCUT2D eigenvalue weighted by Crippen LogP contribution is 2.24. The van der Waals surface area contributed by atoms with Crippen LogP contribution in [0.25, 0.3) is 0 Å². The summed E-state index contributed by atoms with van der Waals surface area (Å²) >= 11 is 11.7. The number of anilines is 1. The van der Waals surface area contributed by atoms with Crippen LogP contribution in [0.3, 0.4) is 0 Å². The lowest BCUT2D eigenvalue weighted by Crippen LogP contribution is -2.40. The largest absolute Gasteiger partial charge is 0.389 e. The molecular weight excluding hydrogens is 287 g/mol. The molecule has 0 aliphatic rings. The smallest absolute Gasteiger partial charge is 0.238 e. The topological polar surface area (TPSA) is 52.6 Å². The minimum absolute atomic E-state index is 0.176. The molecule has 1 aromatic carbocycles. The maximum absolute atomic E-state index is 11.8. The number of aliphatic hydroxyl groups is 1. The summed E-state index contributed by atoms with van der Waals surface area (Å²) in [6.07, 6.45) is 0. The van der Waals surface area contributed by atoms with Crippen molar-refractivity contribution in [1.82, 2.24) is 4.90 Å². The molecule has 0 radical (unpaired) electrons. The highest BCUT2D eigenvalue weighted by Gasteiger charge is 2.17. The first-order valence-corrected chi connectivity index (χ1v) is 6.59. The molecule has 0 saturated carbocycles. The van der Waals surface area contributed by atoms with E-state index in [2.05, 4.69) is 5.32 Å². The lowest BCUT2D eigenvalue weighted by atomic mass is 10.1. The van der Waals surface area contributed by atoms with Gasteiger partial charge in [0.25, 0.3) is 0 Å². The average Bonchev–Trinajstić information content (AvgIpc) is 2.20. The van der Waals surface area contributed by atoms with Gasteiger partial charge in [-0.25, -0.2) is 0 Å². The normalized spacial score (nSPS) is 11.7. The minimum atomic E-state index is -0.835. The van der Waals surface area contributed by atoms with Gasteiger partial charge >= 0.3 is 0 Å². The van der Waals surface area contributed by atoms with Crippen LogP contribution in [-0.4, -0.2) is 41.7 Å². The van der Waals surface area contributed by atoms with Crippen LogP contribution in [0.1, 0.15) is 13.8 Å². The molecule has 0 atom stereocenters. The van der Waals surface area contributed by atoms with E-state index >= 15 is 0 Å². The van der Waals surface area contributed by atoms with Gasteiger partial charge in [-0.1, -0.05) is 23.2 Å². The number of carbonyl (C=O) groups excluding carboxylic acids is 1. The number of rotatable bonds is 5. The number of nitrogens with zero attached hydrogens (tertiary/aromatic N) is 1. The third-order valence-electron chi connectivity index (χ3n) is 2.27. The van der Waals surface area contributed by atoms with Crippen molar-refractivity contribution in [2.24, 2.45) is 0 Å². The van der Waals surface area contributed by atoms with Crippen LogP contribution in [0.5, 0.6) is 0 Å². The number of hydrogen-bond acceptors (Lipinski definition) is 3. The summed E-state index contributed by atoms with van der Waals surface area (Å²) < 4.78 is 0. The van der Waals surface area contributed by atoms with Crippen LogP contribution in [0, 0.1) is 0 Å². The van der Waals surface area contributed by atoms with E-state index in [0.717, 1.165) is 0 Å². The zero-order valence-electron chi connectivity index (χ0n) is 11.2. The zero-order chi connectivity index (χ0) is 14.6. The highest BCUT2D eigenvalue weighted by atomic mass is 35.5. The fourth-order valence-corrected chi connectivity index (χ4v) is 2.03. The van der Waals surface area contributed by atoms with Gasteiger partial charge in [0.1, 0.15) is 0 Å². The summed E-state index contributed by atoms with van der Waals surface area (Å²) in [5, 5.41) is 13.2. The zero-order valence-corrected chi connectivity index (χ0v) is 12.7. The molecule has 4 nitrogen and oxygen atoms in total. The molecule has 0 heterocycles. The van der Waals surface area contributed by atoms with Gasteiger partial charge in [-0.15, -0.1) is 0 Å². The summed E-state index contributed by atoms with van der Waals surface area (Å²) in [7, 11) is 1.77. The van der Waals surface area contributed by atoms with Crippen LogP contribution in [-0.2, 0) is 4.79 Å². The van der Waals surface area contributed by atoms with Gasteiger partial charge in [-0.2, -0.15) is 0 Å². The Morgan fingerprint density at radius 1 is 1.37 bits per heavy atom. The molecule has 19 heavy (non-hydrogen) atoms. The van der Waals surface area contributed by atoms with Gasteiger partial charge < -0.3 is 10.4 Å². The predicted octanol–water partition coefficient (Wildman–Crippen LogP) is 2.63. The molecule has 0 fully saturated rings. The Balaban J connectivity index is 2.53. The predicted molar refractivity (Wildman–Crippen MR) is 78.9 cm³/mol. The third kappa shape index (κ3) is 6.25. The van der Waals surface area contributed by atoms with Crippen molar-refractivity contribution in [2.45, 2.75) is 19.4 Å².